The van der Waals surface area contributed by atoms with Crippen LogP contribution in [0.3, 0.4) is 0 Å². The largest absolute Gasteiger partial charge is 0.496 e. The first-order valence-corrected chi connectivity index (χ1v) is 7.35. The zero-order chi connectivity index (χ0) is 15.4. The summed E-state index contributed by atoms with van der Waals surface area (Å²) in [4.78, 5) is 9.12. The van der Waals surface area contributed by atoms with Gasteiger partial charge in [-0.05, 0) is 37.6 Å². The van der Waals surface area contributed by atoms with Crippen molar-refractivity contribution in [2.45, 2.75) is 32.7 Å². The first-order chi connectivity index (χ1) is 10.0. The third-order valence-corrected chi connectivity index (χ3v) is 3.54. The Hall–Kier alpha value is -1.65. The van der Waals surface area contributed by atoms with E-state index in [0.29, 0.717) is 16.6 Å². The van der Waals surface area contributed by atoms with Gasteiger partial charge in [-0.1, -0.05) is 18.5 Å². The van der Waals surface area contributed by atoms with Crippen LogP contribution in [0.4, 0.5) is 0 Å². The van der Waals surface area contributed by atoms with E-state index in [0.717, 1.165) is 29.8 Å². The number of nitrogens with zero attached hydrogens (tertiary/aromatic N) is 2. The van der Waals surface area contributed by atoms with Crippen molar-refractivity contribution in [1.29, 1.82) is 0 Å². The van der Waals surface area contributed by atoms with Gasteiger partial charge in [-0.2, -0.15) is 0 Å². The predicted molar refractivity (Wildman–Crippen MR) is 85.7 cm³/mol. The predicted octanol–water partition coefficient (Wildman–Crippen LogP) is 3.39. The van der Waals surface area contributed by atoms with Gasteiger partial charge >= 0.3 is 0 Å². The molecule has 0 aliphatic carbocycles. The van der Waals surface area contributed by atoms with Crippen molar-refractivity contribution in [3.05, 3.63) is 40.7 Å². The third-order valence-electron chi connectivity index (χ3n) is 3.31. The van der Waals surface area contributed by atoms with Crippen LogP contribution in [-0.4, -0.2) is 23.1 Å². The van der Waals surface area contributed by atoms with Gasteiger partial charge in [-0.15, -0.1) is 0 Å². The number of hydrogen-bond acceptors (Lipinski definition) is 4. The maximum absolute atomic E-state index is 6.02. The molecule has 2 N–H and O–H groups in total. The summed E-state index contributed by atoms with van der Waals surface area (Å²) in [7, 11) is 1.61. The Balaban J connectivity index is 2.44. The molecule has 0 spiro atoms. The second-order valence-corrected chi connectivity index (χ2v) is 5.48. The summed E-state index contributed by atoms with van der Waals surface area (Å²) in [5.41, 5.74) is 8.71. The topological polar surface area (TPSA) is 61.0 Å². The Kier molecular flexibility index (Phi) is 5.15. The van der Waals surface area contributed by atoms with Crippen molar-refractivity contribution < 1.29 is 4.74 Å². The van der Waals surface area contributed by atoms with Gasteiger partial charge in [0, 0.05) is 28.9 Å². The normalized spacial score (nSPS) is 12.2. The first kappa shape index (κ1) is 15.7. The van der Waals surface area contributed by atoms with E-state index >= 15 is 0 Å². The lowest BCUT2D eigenvalue weighted by atomic mass is 10.1. The molecule has 0 bridgehead atoms. The van der Waals surface area contributed by atoms with E-state index in [1.807, 2.05) is 25.1 Å². The molecule has 0 saturated carbocycles. The van der Waals surface area contributed by atoms with E-state index in [2.05, 4.69) is 16.9 Å². The smallest absolute Gasteiger partial charge is 0.163 e. The molecule has 0 aliphatic rings. The lowest BCUT2D eigenvalue weighted by Crippen LogP contribution is -2.22. The van der Waals surface area contributed by atoms with Gasteiger partial charge in [-0.25, -0.2) is 9.97 Å². The van der Waals surface area contributed by atoms with E-state index in [9.17, 15) is 0 Å². The quantitative estimate of drug-likeness (QED) is 0.919. The van der Waals surface area contributed by atoms with Crippen molar-refractivity contribution in [2.75, 3.05) is 7.11 Å². The molecule has 1 aromatic carbocycles. The van der Waals surface area contributed by atoms with Crippen LogP contribution in [0, 0.1) is 6.92 Å². The summed E-state index contributed by atoms with van der Waals surface area (Å²) in [6.45, 7) is 4.02. The Morgan fingerprint density at radius 1 is 1.29 bits per heavy atom. The minimum Gasteiger partial charge on any atom is -0.496 e. The summed E-state index contributed by atoms with van der Waals surface area (Å²) in [6.07, 6.45) is 1.66. The summed E-state index contributed by atoms with van der Waals surface area (Å²) in [5, 5.41) is 0.622. The Morgan fingerprint density at radius 3 is 2.71 bits per heavy atom. The van der Waals surface area contributed by atoms with E-state index < -0.39 is 0 Å². The highest BCUT2D eigenvalue weighted by Crippen LogP contribution is 2.30. The van der Waals surface area contributed by atoms with Crippen molar-refractivity contribution in [1.82, 2.24) is 9.97 Å². The fourth-order valence-electron chi connectivity index (χ4n) is 2.12. The Bertz CT molecular complexity index is 631. The Morgan fingerprint density at radius 2 is 2.05 bits per heavy atom. The molecule has 0 fully saturated rings. The van der Waals surface area contributed by atoms with Gasteiger partial charge in [0.05, 0.1) is 12.7 Å². The number of ether oxygens (including phenoxy) is 1. The zero-order valence-electron chi connectivity index (χ0n) is 12.6. The standard InChI is InChI=1S/C16H20ClN3O/c1-4-12(18)9-13-7-10(2)19-16(20-13)14-6-5-11(17)8-15(14)21-3/h5-8,12H,4,9,18H2,1-3H3. The van der Waals surface area contributed by atoms with Crippen LogP contribution in [-0.2, 0) is 6.42 Å². The molecule has 21 heavy (non-hydrogen) atoms. The molecule has 0 amide bonds. The van der Waals surface area contributed by atoms with Crippen LogP contribution in [0.2, 0.25) is 5.02 Å². The van der Waals surface area contributed by atoms with E-state index in [1.165, 1.54) is 0 Å². The molecule has 1 aromatic heterocycles. The molecule has 1 atom stereocenters. The number of methoxy groups -OCH3 is 1. The van der Waals surface area contributed by atoms with E-state index in [-0.39, 0.29) is 6.04 Å². The lowest BCUT2D eigenvalue weighted by molar-refractivity contribution is 0.416. The van der Waals surface area contributed by atoms with Crippen molar-refractivity contribution >= 4 is 11.6 Å². The molecule has 2 aromatic rings. The summed E-state index contributed by atoms with van der Waals surface area (Å²) in [6, 6.07) is 7.53. The molecule has 1 heterocycles. The average Bonchev–Trinajstić information content (AvgIpc) is 2.46. The number of halogens is 1. The van der Waals surface area contributed by atoms with Gasteiger partial charge in [0.1, 0.15) is 5.75 Å². The van der Waals surface area contributed by atoms with Gasteiger partial charge in [0.25, 0.3) is 0 Å². The third kappa shape index (κ3) is 3.93. The van der Waals surface area contributed by atoms with Crippen LogP contribution >= 0.6 is 11.6 Å². The lowest BCUT2D eigenvalue weighted by Gasteiger charge is -2.12. The maximum Gasteiger partial charge on any atom is 0.163 e. The monoisotopic (exact) mass is 305 g/mol. The molecule has 4 nitrogen and oxygen atoms in total. The highest BCUT2D eigenvalue weighted by Gasteiger charge is 2.12. The SMILES string of the molecule is CCC(N)Cc1cc(C)nc(-c2ccc(Cl)cc2OC)n1. The molecule has 112 valence electrons. The molecule has 0 saturated heterocycles. The second kappa shape index (κ2) is 6.87. The van der Waals surface area contributed by atoms with Crippen LogP contribution in [0.5, 0.6) is 5.75 Å². The zero-order valence-corrected chi connectivity index (χ0v) is 13.3. The van der Waals surface area contributed by atoms with E-state index in [1.54, 1.807) is 13.2 Å². The molecule has 1 unspecified atom stereocenters. The van der Waals surface area contributed by atoms with Gasteiger partial charge in [-0.3, -0.25) is 0 Å². The minimum atomic E-state index is 0.110. The van der Waals surface area contributed by atoms with Gasteiger partial charge in [0.15, 0.2) is 5.82 Å². The average molecular weight is 306 g/mol. The summed E-state index contributed by atoms with van der Waals surface area (Å²) >= 11 is 6.00. The van der Waals surface area contributed by atoms with Crippen molar-refractivity contribution in [2.24, 2.45) is 5.73 Å². The van der Waals surface area contributed by atoms with Crippen LogP contribution < -0.4 is 10.5 Å². The minimum absolute atomic E-state index is 0.110. The van der Waals surface area contributed by atoms with Crippen LogP contribution in [0.25, 0.3) is 11.4 Å². The number of aromatic nitrogens is 2. The molecule has 2 rings (SSSR count). The molecular formula is C16H20ClN3O. The summed E-state index contributed by atoms with van der Waals surface area (Å²) < 4.78 is 5.37. The fourth-order valence-corrected chi connectivity index (χ4v) is 2.28. The number of benzene rings is 1. The molecule has 5 heteroatoms. The van der Waals surface area contributed by atoms with Crippen LogP contribution in [0.1, 0.15) is 24.7 Å². The maximum atomic E-state index is 6.02. The molecule has 0 radical (unpaired) electrons. The molecular weight excluding hydrogens is 286 g/mol. The van der Waals surface area contributed by atoms with Gasteiger partial charge < -0.3 is 10.5 Å². The van der Waals surface area contributed by atoms with Crippen LogP contribution in [0.15, 0.2) is 24.3 Å². The van der Waals surface area contributed by atoms with E-state index in [4.69, 9.17) is 22.1 Å². The number of nitrogens with two attached hydrogens (primary N) is 1. The highest BCUT2D eigenvalue weighted by atomic mass is 35.5. The van der Waals surface area contributed by atoms with Crippen molar-refractivity contribution in [3.63, 3.8) is 0 Å². The van der Waals surface area contributed by atoms with Crippen molar-refractivity contribution in [3.8, 4) is 17.1 Å². The number of hydrogen-bond donors (Lipinski definition) is 1. The summed E-state index contributed by atoms with van der Waals surface area (Å²) in [5.74, 6) is 1.31. The number of rotatable bonds is 5. The molecule has 0 aliphatic heterocycles. The first-order valence-electron chi connectivity index (χ1n) is 6.97. The fraction of sp³-hybridized carbons (Fsp3) is 0.375. The number of aryl methyl sites for hydroxylation is 1. The van der Waals surface area contributed by atoms with Gasteiger partial charge in [0.2, 0.25) is 0 Å². The Labute approximate surface area is 130 Å². The second-order valence-electron chi connectivity index (χ2n) is 5.04. The highest BCUT2D eigenvalue weighted by molar-refractivity contribution is 6.30.